The zero-order valence-electron chi connectivity index (χ0n) is 7.15. The highest BCUT2D eigenvalue weighted by Crippen LogP contribution is 2.29. The summed E-state index contributed by atoms with van der Waals surface area (Å²) in [6.45, 7) is 1.42. The average molecular weight is 196 g/mol. The second kappa shape index (κ2) is 3.76. The first-order valence-electron chi connectivity index (χ1n) is 3.58. The fourth-order valence-corrected chi connectivity index (χ4v) is 0.941. The highest BCUT2D eigenvalue weighted by Gasteiger charge is 2.16. The molecule has 0 fully saturated rings. The van der Waals surface area contributed by atoms with Crippen molar-refractivity contribution in [3.8, 4) is 0 Å². The summed E-state index contributed by atoms with van der Waals surface area (Å²) >= 11 is 0. The van der Waals surface area contributed by atoms with Gasteiger partial charge in [0, 0.05) is 0 Å². The van der Waals surface area contributed by atoms with Crippen LogP contribution in [0.4, 0.5) is 15.8 Å². The van der Waals surface area contributed by atoms with E-state index in [1.165, 1.54) is 13.0 Å². The van der Waals surface area contributed by atoms with Crippen molar-refractivity contribution in [1.82, 2.24) is 0 Å². The van der Waals surface area contributed by atoms with Gasteiger partial charge in [0.25, 0.3) is 5.69 Å². The quantitative estimate of drug-likeness (QED) is 0.314. The number of hydrogen-bond donors (Lipinski definition) is 0. The molecule has 14 heavy (non-hydrogen) atoms. The third-order valence-electron chi connectivity index (χ3n) is 1.62. The summed E-state index contributed by atoms with van der Waals surface area (Å²) in [6, 6.07) is 1.85. The van der Waals surface area contributed by atoms with Crippen LogP contribution in [-0.4, -0.2) is 11.0 Å². The number of carbonyl (C=O) groups excluding carboxylic acids is 1. The van der Waals surface area contributed by atoms with Gasteiger partial charge in [0.05, 0.1) is 11.0 Å². The fourth-order valence-electron chi connectivity index (χ4n) is 0.941. The van der Waals surface area contributed by atoms with Crippen molar-refractivity contribution in [3.05, 3.63) is 33.6 Å². The van der Waals surface area contributed by atoms with E-state index in [2.05, 4.69) is 4.99 Å². The molecule has 1 rings (SSSR count). The number of halogens is 1. The molecule has 1 aromatic rings. The van der Waals surface area contributed by atoms with Gasteiger partial charge in [-0.15, -0.1) is 0 Å². The molecule has 0 saturated heterocycles. The minimum Gasteiger partial charge on any atom is -0.258 e. The van der Waals surface area contributed by atoms with Gasteiger partial charge in [-0.3, -0.25) is 10.1 Å². The summed E-state index contributed by atoms with van der Waals surface area (Å²) in [4.78, 5) is 22.7. The lowest BCUT2D eigenvalue weighted by atomic mass is 10.2. The Kier molecular flexibility index (Phi) is 2.69. The highest BCUT2D eigenvalue weighted by molar-refractivity contribution is 5.63. The zero-order valence-corrected chi connectivity index (χ0v) is 7.15. The van der Waals surface area contributed by atoms with Gasteiger partial charge in [-0.2, -0.15) is 4.99 Å². The number of nitrogens with zero attached hydrogens (tertiary/aromatic N) is 2. The minimum absolute atomic E-state index is 0.185. The van der Waals surface area contributed by atoms with Crippen LogP contribution in [0, 0.1) is 22.9 Å². The molecule has 0 bridgehead atoms. The third kappa shape index (κ3) is 1.81. The summed E-state index contributed by atoms with van der Waals surface area (Å²) in [6.07, 6.45) is 1.17. The van der Waals surface area contributed by atoms with Crippen molar-refractivity contribution in [3.63, 3.8) is 0 Å². The van der Waals surface area contributed by atoms with Crippen LogP contribution in [0.15, 0.2) is 17.1 Å². The van der Waals surface area contributed by atoms with Gasteiger partial charge >= 0.3 is 0 Å². The first-order valence-corrected chi connectivity index (χ1v) is 3.58. The largest absolute Gasteiger partial charge is 0.298 e. The summed E-state index contributed by atoms with van der Waals surface area (Å²) in [5, 5.41) is 10.4. The van der Waals surface area contributed by atoms with Crippen molar-refractivity contribution in [2.45, 2.75) is 6.92 Å². The van der Waals surface area contributed by atoms with Crippen molar-refractivity contribution >= 4 is 17.5 Å². The van der Waals surface area contributed by atoms with E-state index >= 15 is 0 Å². The van der Waals surface area contributed by atoms with Crippen LogP contribution in [0.25, 0.3) is 0 Å². The second-order valence-corrected chi connectivity index (χ2v) is 2.55. The van der Waals surface area contributed by atoms with E-state index in [-0.39, 0.29) is 11.3 Å². The van der Waals surface area contributed by atoms with Crippen LogP contribution < -0.4 is 0 Å². The SMILES string of the molecule is Cc1cc(N=C=O)c([N+](=O)[O-])cc1F. The number of hydrogen-bond acceptors (Lipinski definition) is 4. The predicted molar refractivity (Wildman–Crippen MR) is 45.6 cm³/mol. The Bertz CT molecular complexity index is 411. The lowest BCUT2D eigenvalue weighted by Crippen LogP contribution is -1.91. The van der Waals surface area contributed by atoms with E-state index in [9.17, 15) is 19.3 Å². The molecule has 72 valence electrons. The second-order valence-electron chi connectivity index (χ2n) is 2.55. The molecular weight excluding hydrogens is 191 g/mol. The molecule has 0 aliphatic rings. The lowest BCUT2D eigenvalue weighted by molar-refractivity contribution is -0.384. The van der Waals surface area contributed by atoms with Crippen LogP contribution in [0.1, 0.15) is 5.56 Å². The smallest absolute Gasteiger partial charge is 0.258 e. The van der Waals surface area contributed by atoms with E-state index in [0.717, 1.165) is 12.1 Å². The maximum atomic E-state index is 12.9. The first-order chi connectivity index (χ1) is 6.56. The molecule has 5 nitrogen and oxygen atoms in total. The van der Waals surface area contributed by atoms with Gasteiger partial charge in [-0.05, 0) is 18.6 Å². The number of aliphatic imine (C=N–C) groups is 1. The minimum atomic E-state index is -0.807. The van der Waals surface area contributed by atoms with Crippen LogP contribution >= 0.6 is 0 Å². The Hall–Kier alpha value is -2.07. The van der Waals surface area contributed by atoms with Crippen molar-refractivity contribution in [2.75, 3.05) is 0 Å². The van der Waals surface area contributed by atoms with Crippen LogP contribution in [-0.2, 0) is 4.79 Å². The van der Waals surface area contributed by atoms with Gasteiger partial charge in [0.2, 0.25) is 6.08 Å². The number of benzene rings is 1. The summed E-state index contributed by atoms with van der Waals surface area (Å²) in [5.74, 6) is -0.707. The standard InChI is InChI=1S/C8H5FN2O3/c1-5-2-7(10-4-12)8(11(13)14)3-6(5)9/h2-3H,1H3. The molecule has 0 unspecified atom stereocenters. The van der Waals surface area contributed by atoms with E-state index < -0.39 is 16.4 Å². The molecular formula is C8H5FN2O3. The summed E-state index contributed by atoms with van der Waals surface area (Å²) < 4.78 is 12.9. The number of nitro benzene ring substituents is 1. The maximum Gasteiger partial charge on any atom is 0.298 e. The van der Waals surface area contributed by atoms with Gasteiger partial charge in [-0.1, -0.05) is 0 Å². The summed E-state index contributed by atoms with van der Waals surface area (Å²) in [7, 11) is 0. The van der Waals surface area contributed by atoms with Crippen molar-refractivity contribution < 1.29 is 14.1 Å². The Morgan fingerprint density at radius 3 is 2.71 bits per heavy atom. The Morgan fingerprint density at radius 1 is 1.57 bits per heavy atom. The highest BCUT2D eigenvalue weighted by atomic mass is 19.1. The van der Waals surface area contributed by atoms with Crippen molar-refractivity contribution in [1.29, 1.82) is 0 Å². The number of isocyanates is 1. The van der Waals surface area contributed by atoms with Gasteiger partial charge in [-0.25, -0.2) is 9.18 Å². The molecule has 0 saturated carbocycles. The number of aryl methyl sites for hydroxylation is 1. The van der Waals surface area contributed by atoms with Crippen LogP contribution in [0.3, 0.4) is 0 Å². The van der Waals surface area contributed by atoms with Crippen molar-refractivity contribution in [2.24, 2.45) is 4.99 Å². The normalized spacial score (nSPS) is 9.29. The predicted octanol–water partition coefficient (Wildman–Crippen LogP) is 2.01. The fraction of sp³-hybridized carbons (Fsp3) is 0.125. The molecule has 0 N–H and O–H groups in total. The molecule has 0 aliphatic heterocycles. The number of nitro groups is 1. The molecule has 0 spiro atoms. The topological polar surface area (TPSA) is 72.6 Å². The maximum absolute atomic E-state index is 12.9. The average Bonchev–Trinajstić information content (AvgIpc) is 2.11. The zero-order chi connectivity index (χ0) is 10.7. The molecule has 1 aromatic carbocycles. The van der Waals surface area contributed by atoms with Crippen LogP contribution in [0.5, 0.6) is 0 Å². The molecule has 0 aromatic heterocycles. The van der Waals surface area contributed by atoms with E-state index in [1.54, 1.807) is 0 Å². The summed E-state index contributed by atoms with van der Waals surface area (Å²) in [5.41, 5.74) is -0.551. The Balaban J connectivity index is 3.45. The Morgan fingerprint density at radius 2 is 2.21 bits per heavy atom. The van der Waals surface area contributed by atoms with Gasteiger partial charge < -0.3 is 0 Å². The molecule has 0 heterocycles. The van der Waals surface area contributed by atoms with Crippen LogP contribution in [0.2, 0.25) is 0 Å². The monoisotopic (exact) mass is 196 g/mol. The van der Waals surface area contributed by atoms with E-state index in [0.29, 0.717) is 0 Å². The molecule has 0 atom stereocenters. The molecule has 0 aliphatic carbocycles. The van der Waals surface area contributed by atoms with E-state index in [1.807, 2.05) is 0 Å². The van der Waals surface area contributed by atoms with Gasteiger partial charge in [0.1, 0.15) is 5.82 Å². The molecule has 6 heteroatoms. The van der Waals surface area contributed by atoms with E-state index in [4.69, 9.17) is 0 Å². The first kappa shape index (κ1) is 10.0. The van der Waals surface area contributed by atoms with Gasteiger partial charge in [0.15, 0.2) is 5.69 Å². The third-order valence-corrected chi connectivity index (χ3v) is 1.62. The number of rotatable bonds is 2. The Labute approximate surface area is 78.0 Å². The molecule has 0 radical (unpaired) electrons. The molecule has 0 amide bonds. The lowest BCUT2D eigenvalue weighted by Gasteiger charge is -1.98.